The van der Waals surface area contributed by atoms with Crippen molar-refractivity contribution in [2.45, 2.75) is 6.92 Å². The highest BCUT2D eigenvalue weighted by molar-refractivity contribution is 5.86. The number of benzene rings is 1. The summed E-state index contributed by atoms with van der Waals surface area (Å²) in [6.07, 6.45) is 2.15. The number of ether oxygens (including phenoxy) is 1. The summed E-state index contributed by atoms with van der Waals surface area (Å²) in [7, 11) is 0. The van der Waals surface area contributed by atoms with E-state index < -0.39 is 23.4 Å². The Morgan fingerprint density at radius 3 is 2.38 bits per heavy atom. The van der Waals surface area contributed by atoms with Gasteiger partial charge in [-0.2, -0.15) is 0 Å². The van der Waals surface area contributed by atoms with Gasteiger partial charge in [0.05, 0.1) is 6.61 Å². The molecule has 0 aliphatic heterocycles. The maximum Gasteiger partial charge on any atom is 0.330 e. The summed E-state index contributed by atoms with van der Waals surface area (Å²) in [6, 6.07) is 1.57. The van der Waals surface area contributed by atoms with Crippen LogP contribution in [0, 0.1) is 17.5 Å². The lowest BCUT2D eigenvalue weighted by atomic mass is 10.2. The number of halogens is 3. The van der Waals surface area contributed by atoms with E-state index in [0.29, 0.717) is 0 Å². The van der Waals surface area contributed by atoms with Crippen molar-refractivity contribution in [2.75, 3.05) is 6.61 Å². The van der Waals surface area contributed by atoms with Crippen LogP contribution in [0.5, 0.6) is 0 Å². The lowest BCUT2D eigenvalue weighted by Crippen LogP contribution is -1.99. The van der Waals surface area contributed by atoms with Crippen LogP contribution in [0.25, 0.3) is 6.08 Å². The summed E-state index contributed by atoms with van der Waals surface area (Å²) in [4.78, 5) is 10.9. The van der Waals surface area contributed by atoms with Gasteiger partial charge in [0.15, 0.2) is 17.5 Å². The van der Waals surface area contributed by atoms with Gasteiger partial charge >= 0.3 is 5.97 Å². The Morgan fingerprint density at radius 1 is 1.31 bits per heavy atom. The van der Waals surface area contributed by atoms with Crippen molar-refractivity contribution in [1.29, 1.82) is 0 Å². The normalized spacial score (nSPS) is 10.8. The minimum atomic E-state index is -1.53. The molecule has 0 amide bonds. The highest BCUT2D eigenvalue weighted by Gasteiger charge is 2.09. The van der Waals surface area contributed by atoms with Crippen molar-refractivity contribution in [3.63, 3.8) is 0 Å². The van der Waals surface area contributed by atoms with E-state index in [1.165, 1.54) is 0 Å². The smallest absolute Gasteiger partial charge is 0.330 e. The van der Waals surface area contributed by atoms with Gasteiger partial charge in [-0.1, -0.05) is 0 Å². The van der Waals surface area contributed by atoms with Crippen molar-refractivity contribution >= 4 is 12.0 Å². The molecule has 2 nitrogen and oxygen atoms in total. The monoisotopic (exact) mass is 230 g/mol. The van der Waals surface area contributed by atoms with Gasteiger partial charge in [0.2, 0.25) is 0 Å². The van der Waals surface area contributed by atoms with E-state index in [-0.39, 0.29) is 12.2 Å². The lowest BCUT2D eigenvalue weighted by molar-refractivity contribution is -0.137. The third-order valence-corrected chi connectivity index (χ3v) is 1.70. The Morgan fingerprint density at radius 2 is 1.88 bits per heavy atom. The molecule has 86 valence electrons. The lowest BCUT2D eigenvalue weighted by Gasteiger charge is -1.98. The van der Waals surface area contributed by atoms with Crippen LogP contribution in [-0.4, -0.2) is 12.6 Å². The van der Waals surface area contributed by atoms with E-state index in [1.807, 2.05) is 0 Å². The van der Waals surface area contributed by atoms with Crippen LogP contribution in [-0.2, 0) is 9.53 Å². The minimum absolute atomic E-state index is 0.0458. The fraction of sp³-hybridized carbons (Fsp3) is 0.182. The number of hydrogen-bond acceptors (Lipinski definition) is 2. The largest absolute Gasteiger partial charge is 0.463 e. The molecule has 0 aliphatic rings. The molecule has 0 bridgehead atoms. The van der Waals surface area contributed by atoms with Gasteiger partial charge in [-0.15, -0.1) is 0 Å². The van der Waals surface area contributed by atoms with E-state index in [1.54, 1.807) is 6.92 Å². The van der Waals surface area contributed by atoms with Gasteiger partial charge in [-0.05, 0) is 30.7 Å². The third-order valence-electron chi connectivity index (χ3n) is 1.70. The predicted molar refractivity (Wildman–Crippen MR) is 52.0 cm³/mol. The molecular weight excluding hydrogens is 221 g/mol. The quantitative estimate of drug-likeness (QED) is 0.453. The first-order chi connectivity index (χ1) is 7.54. The van der Waals surface area contributed by atoms with Crippen LogP contribution in [0.15, 0.2) is 18.2 Å². The van der Waals surface area contributed by atoms with Gasteiger partial charge in [-0.3, -0.25) is 0 Å². The van der Waals surface area contributed by atoms with E-state index in [2.05, 4.69) is 4.74 Å². The molecule has 5 heteroatoms. The number of hydrogen-bond donors (Lipinski definition) is 0. The Hall–Kier alpha value is -1.78. The Labute approximate surface area is 90.3 Å². The first kappa shape index (κ1) is 12.3. The van der Waals surface area contributed by atoms with Crippen molar-refractivity contribution < 1.29 is 22.7 Å². The van der Waals surface area contributed by atoms with E-state index in [9.17, 15) is 18.0 Å². The van der Waals surface area contributed by atoms with Crippen LogP contribution in [0.3, 0.4) is 0 Å². The highest BCUT2D eigenvalue weighted by Crippen LogP contribution is 2.14. The molecule has 0 fully saturated rings. The van der Waals surface area contributed by atoms with Crippen molar-refractivity contribution in [3.05, 3.63) is 41.2 Å². The van der Waals surface area contributed by atoms with Gasteiger partial charge in [0.25, 0.3) is 0 Å². The van der Waals surface area contributed by atoms with E-state index in [4.69, 9.17) is 0 Å². The first-order valence-corrected chi connectivity index (χ1v) is 4.54. The van der Waals surface area contributed by atoms with E-state index >= 15 is 0 Å². The van der Waals surface area contributed by atoms with Crippen molar-refractivity contribution in [3.8, 4) is 0 Å². The predicted octanol–water partition coefficient (Wildman–Crippen LogP) is 2.68. The maximum atomic E-state index is 12.7. The number of rotatable bonds is 3. The Balaban J connectivity index is 2.86. The molecule has 0 saturated carbocycles. The zero-order valence-corrected chi connectivity index (χ0v) is 8.47. The average Bonchev–Trinajstić information content (AvgIpc) is 2.23. The molecule has 1 rings (SSSR count). The topological polar surface area (TPSA) is 26.3 Å². The molecule has 0 aliphatic carbocycles. The fourth-order valence-corrected chi connectivity index (χ4v) is 1.03. The second kappa shape index (κ2) is 5.34. The fourth-order valence-electron chi connectivity index (χ4n) is 1.03. The van der Waals surface area contributed by atoms with Crippen molar-refractivity contribution in [2.24, 2.45) is 0 Å². The third kappa shape index (κ3) is 3.12. The van der Waals surface area contributed by atoms with Crippen molar-refractivity contribution in [1.82, 2.24) is 0 Å². The molecule has 0 radical (unpaired) electrons. The van der Waals surface area contributed by atoms with Gasteiger partial charge in [0, 0.05) is 6.08 Å². The minimum Gasteiger partial charge on any atom is -0.463 e. The number of esters is 1. The molecule has 0 atom stereocenters. The van der Waals surface area contributed by atoms with Crippen LogP contribution in [0.1, 0.15) is 12.5 Å². The molecule has 0 spiro atoms. The van der Waals surface area contributed by atoms with Crippen LogP contribution in [0.4, 0.5) is 13.2 Å². The molecule has 0 N–H and O–H groups in total. The molecule has 1 aromatic rings. The Kier molecular flexibility index (Phi) is 4.10. The molecule has 0 saturated heterocycles. The summed E-state index contributed by atoms with van der Waals surface area (Å²) in [6.45, 7) is 1.83. The standard InChI is InChI=1S/C11H9F3O2/c1-2-16-10(15)4-3-7-5-8(12)11(14)9(13)6-7/h3-6H,2H2,1H3/b4-3+. The maximum absolute atomic E-state index is 12.7. The molecule has 0 unspecified atom stereocenters. The molecule has 0 aromatic heterocycles. The Bertz CT molecular complexity index is 404. The summed E-state index contributed by atoms with van der Waals surface area (Å²) in [5.41, 5.74) is 0.0458. The summed E-state index contributed by atoms with van der Waals surface area (Å²) in [5, 5.41) is 0. The van der Waals surface area contributed by atoms with E-state index in [0.717, 1.165) is 24.3 Å². The summed E-state index contributed by atoms with van der Waals surface area (Å²) < 4.78 is 42.6. The first-order valence-electron chi connectivity index (χ1n) is 4.54. The number of carbonyl (C=O) groups excluding carboxylic acids is 1. The zero-order valence-electron chi connectivity index (χ0n) is 8.47. The molecule has 1 aromatic carbocycles. The second-order valence-corrected chi connectivity index (χ2v) is 2.88. The average molecular weight is 230 g/mol. The van der Waals surface area contributed by atoms with Crippen LogP contribution >= 0.6 is 0 Å². The highest BCUT2D eigenvalue weighted by atomic mass is 19.2. The molecular formula is C11H9F3O2. The summed E-state index contributed by atoms with van der Waals surface area (Å²) >= 11 is 0. The molecule has 16 heavy (non-hydrogen) atoms. The van der Waals surface area contributed by atoms with Gasteiger partial charge < -0.3 is 4.74 Å². The zero-order chi connectivity index (χ0) is 12.1. The SMILES string of the molecule is CCOC(=O)/C=C/c1cc(F)c(F)c(F)c1. The summed E-state index contributed by atoms with van der Waals surface area (Å²) in [5.74, 6) is -4.77. The molecule has 0 heterocycles. The second-order valence-electron chi connectivity index (χ2n) is 2.88. The number of carbonyl (C=O) groups is 1. The van der Waals surface area contributed by atoms with Crippen LogP contribution in [0.2, 0.25) is 0 Å². The van der Waals surface area contributed by atoms with Gasteiger partial charge in [0.1, 0.15) is 0 Å². The van der Waals surface area contributed by atoms with Crippen LogP contribution < -0.4 is 0 Å². The van der Waals surface area contributed by atoms with Gasteiger partial charge in [-0.25, -0.2) is 18.0 Å².